The average molecular weight is 262 g/mol. The zero-order valence-corrected chi connectivity index (χ0v) is 7.59. The van der Waals surface area contributed by atoms with Crippen LogP contribution in [0.25, 0.3) is 0 Å². The molecule has 0 saturated carbocycles. The van der Waals surface area contributed by atoms with E-state index in [2.05, 4.69) is 0 Å². The van der Waals surface area contributed by atoms with E-state index in [-0.39, 0.29) is 5.56 Å². The Morgan fingerprint density at radius 2 is 2.18 bits per heavy atom. The van der Waals surface area contributed by atoms with Crippen LogP contribution in [-0.4, -0.2) is 0 Å². The van der Waals surface area contributed by atoms with Crippen molar-refractivity contribution in [3.63, 3.8) is 0 Å². The molecular formula is C7H4FIN2. The summed E-state index contributed by atoms with van der Waals surface area (Å²) in [7, 11) is 0. The van der Waals surface area contributed by atoms with E-state index in [0.29, 0.717) is 9.26 Å². The molecule has 0 aliphatic heterocycles. The van der Waals surface area contributed by atoms with Crippen molar-refractivity contribution in [2.24, 2.45) is 0 Å². The average Bonchev–Trinajstić information content (AvgIpc) is 1.97. The Hall–Kier alpha value is -0.830. The molecule has 0 radical (unpaired) electrons. The van der Waals surface area contributed by atoms with E-state index in [1.54, 1.807) is 6.07 Å². The summed E-state index contributed by atoms with van der Waals surface area (Å²) in [5.41, 5.74) is 5.78. The fraction of sp³-hybridized carbons (Fsp3) is 0. The van der Waals surface area contributed by atoms with Gasteiger partial charge in [0, 0.05) is 9.26 Å². The normalized spacial score (nSPS) is 9.18. The summed E-state index contributed by atoms with van der Waals surface area (Å²) in [5, 5.41) is 8.40. The van der Waals surface area contributed by atoms with E-state index in [4.69, 9.17) is 11.0 Å². The van der Waals surface area contributed by atoms with Crippen LogP contribution < -0.4 is 5.73 Å². The molecule has 0 heterocycles. The van der Waals surface area contributed by atoms with Gasteiger partial charge in [0.05, 0.1) is 5.56 Å². The van der Waals surface area contributed by atoms with E-state index in [1.807, 2.05) is 22.6 Å². The first-order valence-electron chi connectivity index (χ1n) is 2.79. The van der Waals surface area contributed by atoms with Crippen molar-refractivity contribution in [1.29, 1.82) is 5.26 Å². The highest BCUT2D eigenvalue weighted by molar-refractivity contribution is 14.1. The molecule has 1 aromatic rings. The standard InChI is InChI=1S/C7H4FIN2/c8-5-2-7(11)6(9)1-4(5)3-10/h1-2H,11H2. The van der Waals surface area contributed by atoms with Gasteiger partial charge in [-0.05, 0) is 34.7 Å². The molecule has 0 unspecified atom stereocenters. The Balaban J connectivity index is 3.35. The maximum Gasteiger partial charge on any atom is 0.143 e. The molecule has 0 saturated heterocycles. The van der Waals surface area contributed by atoms with Gasteiger partial charge in [-0.1, -0.05) is 0 Å². The van der Waals surface area contributed by atoms with Gasteiger partial charge >= 0.3 is 0 Å². The number of nitriles is 1. The van der Waals surface area contributed by atoms with E-state index >= 15 is 0 Å². The maximum absolute atomic E-state index is 12.7. The van der Waals surface area contributed by atoms with Crippen LogP contribution in [0.4, 0.5) is 10.1 Å². The van der Waals surface area contributed by atoms with E-state index in [9.17, 15) is 4.39 Å². The summed E-state index contributed by atoms with van der Waals surface area (Å²) >= 11 is 1.95. The summed E-state index contributed by atoms with van der Waals surface area (Å²) in [6.45, 7) is 0. The molecule has 0 aliphatic rings. The molecule has 1 rings (SSSR count). The minimum atomic E-state index is -0.564. The van der Waals surface area contributed by atoms with Gasteiger partial charge in [-0.2, -0.15) is 5.26 Å². The highest BCUT2D eigenvalue weighted by atomic mass is 127. The first-order valence-corrected chi connectivity index (χ1v) is 3.87. The third kappa shape index (κ3) is 1.60. The summed E-state index contributed by atoms with van der Waals surface area (Å²) in [5.74, 6) is -0.564. The van der Waals surface area contributed by atoms with Gasteiger partial charge in [-0.15, -0.1) is 0 Å². The number of hydrogen-bond acceptors (Lipinski definition) is 2. The molecule has 0 spiro atoms. The van der Waals surface area contributed by atoms with Crippen LogP contribution in [0.1, 0.15) is 5.56 Å². The summed E-state index contributed by atoms with van der Waals surface area (Å²) in [4.78, 5) is 0. The van der Waals surface area contributed by atoms with Crippen LogP contribution in [0.15, 0.2) is 12.1 Å². The Morgan fingerprint density at radius 3 is 2.73 bits per heavy atom. The largest absolute Gasteiger partial charge is 0.398 e. The Bertz CT molecular complexity index is 330. The molecule has 1 aromatic carbocycles. The number of rotatable bonds is 0. The summed E-state index contributed by atoms with van der Waals surface area (Å²) < 4.78 is 13.4. The minimum Gasteiger partial charge on any atom is -0.398 e. The van der Waals surface area contributed by atoms with E-state index in [0.717, 1.165) is 6.07 Å². The van der Waals surface area contributed by atoms with Gasteiger partial charge in [0.25, 0.3) is 0 Å². The van der Waals surface area contributed by atoms with Crippen LogP contribution in [0.5, 0.6) is 0 Å². The monoisotopic (exact) mass is 262 g/mol. The predicted molar refractivity (Wildman–Crippen MR) is 48.2 cm³/mol. The van der Waals surface area contributed by atoms with Crippen molar-refractivity contribution in [2.45, 2.75) is 0 Å². The second-order valence-corrected chi connectivity index (χ2v) is 3.13. The van der Waals surface area contributed by atoms with Crippen molar-refractivity contribution < 1.29 is 4.39 Å². The second-order valence-electron chi connectivity index (χ2n) is 1.97. The SMILES string of the molecule is N#Cc1cc(I)c(N)cc1F. The lowest BCUT2D eigenvalue weighted by Crippen LogP contribution is -1.93. The van der Waals surface area contributed by atoms with Crippen molar-refractivity contribution in [3.8, 4) is 6.07 Å². The highest BCUT2D eigenvalue weighted by Gasteiger charge is 2.04. The molecule has 0 bridgehead atoms. The Morgan fingerprint density at radius 1 is 1.55 bits per heavy atom. The van der Waals surface area contributed by atoms with Crippen LogP contribution in [0, 0.1) is 20.7 Å². The first-order chi connectivity index (χ1) is 5.15. The zero-order valence-electron chi connectivity index (χ0n) is 5.44. The van der Waals surface area contributed by atoms with Gasteiger partial charge in [-0.25, -0.2) is 4.39 Å². The lowest BCUT2D eigenvalue weighted by atomic mass is 10.2. The lowest BCUT2D eigenvalue weighted by molar-refractivity contribution is 0.624. The number of benzene rings is 1. The number of nitrogens with two attached hydrogens (primary N) is 1. The number of anilines is 1. The third-order valence-corrected chi connectivity index (χ3v) is 2.14. The molecule has 2 N–H and O–H groups in total. The van der Waals surface area contributed by atoms with Crippen LogP contribution in [0.2, 0.25) is 0 Å². The Kier molecular flexibility index (Phi) is 2.29. The van der Waals surface area contributed by atoms with Crippen molar-refractivity contribution >= 4 is 28.3 Å². The van der Waals surface area contributed by atoms with Crippen molar-refractivity contribution in [3.05, 3.63) is 27.1 Å². The van der Waals surface area contributed by atoms with Crippen molar-refractivity contribution in [1.82, 2.24) is 0 Å². The van der Waals surface area contributed by atoms with Crippen LogP contribution >= 0.6 is 22.6 Å². The quantitative estimate of drug-likeness (QED) is 0.573. The number of nitrogen functional groups attached to an aromatic ring is 1. The number of nitrogens with zero attached hydrogens (tertiary/aromatic N) is 1. The molecule has 56 valence electrons. The maximum atomic E-state index is 12.7. The van der Waals surface area contributed by atoms with Gasteiger partial charge in [0.15, 0.2) is 0 Å². The topological polar surface area (TPSA) is 49.8 Å². The molecular weight excluding hydrogens is 258 g/mol. The van der Waals surface area contributed by atoms with E-state index in [1.165, 1.54) is 6.07 Å². The molecule has 0 fully saturated rings. The first kappa shape index (κ1) is 8.27. The highest BCUT2D eigenvalue weighted by Crippen LogP contribution is 2.18. The van der Waals surface area contributed by atoms with Gasteiger partial charge in [0.2, 0.25) is 0 Å². The molecule has 0 atom stereocenters. The van der Waals surface area contributed by atoms with Crippen molar-refractivity contribution in [2.75, 3.05) is 5.73 Å². The fourth-order valence-corrected chi connectivity index (χ4v) is 1.12. The van der Waals surface area contributed by atoms with Gasteiger partial charge < -0.3 is 5.73 Å². The number of hydrogen-bond donors (Lipinski definition) is 1. The van der Waals surface area contributed by atoms with Gasteiger partial charge in [-0.3, -0.25) is 0 Å². The second kappa shape index (κ2) is 3.05. The van der Waals surface area contributed by atoms with Gasteiger partial charge in [0.1, 0.15) is 11.9 Å². The number of halogens is 2. The molecule has 0 aliphatic carbocycles. The molecule has 11 heavy (non-hydrogen) atoms. The molecule has 0 amide bonds. The molecule has 4 heteroatoms. The lowest BCUT2D eigenvalue weighted by Gasteiger charge is -1.98. The third-order valence-electron chi connectivity index (χ3n) is 1.21. The van der Waals surface area contributed by atoms with E-state index < -0.39 is 5.82 Å². The van der Waals surface area contributed by atoms with Crippen LogP contribution in [0.3, 0.4) is 0 Å². The fourth-order valence-electron chi connectivity index (χ4n) is 0.648. The predicted octanol–water partition coefficient (Wildman–Crippen LogP) is 1.88. The van der Waals surface area contributed by atoms with Crippen LogP contribution in [-0.2, 0) is 0 Å². The zero-order chi connectivity index (χ0) is 8.43. The smallest absolute Gasteiger partial charge is 0.143 e. The molecule has 0 aromatic heterocycles. The minimum absolute atomic E-state index is 0.0311. The summed E-state index contributed by atoms with van der Waals surface area (Å²) in [6, 6.07) is 4.30. The molecule has 2 nitrogen and oxygen atoms in total. The Labute approximate surface area is 77.0 Å². The summed E-state index contributed by atoms with van der Waals surface area (Å²) in [6.07, 6.45) is 0.